The summed E-state index contributed by atoms with van der Waals surface area (Å²) in [5.74, 6) is 0. The van der Waals surface area contributed by atoms with Crippen molar-refractivity contribution in [2.75, 3.05) is 19.8 Å². The molecule has 4 heteroatoms. The zero-order valence-corrected chi connectivity index (χ0v) is 15.6. The van der Waals surface area contributed by atoms with Gasteiger partial charge in [0, 0.05) is 0 Å². The minimum atomic E-state index is -0.137. The smallest absolute Gasteiger partial charge is 0.0788 e. The van der Waals surface area contributed by atoms with Gasteiger partial charge in [-0.3, -0.25) is 0 Å². The van der Waals surface area contributed by atoms with Gasteiger partial charge in [-0.05, 0) is 40.5 Å². The number of hydrogen-bond acceptors (Lipinski definition) is 4. The second-order valence-corrected chi connectivity index (χ2v) is 6.66. The summed E-state index contributed by atoms with van der Waals surface area (Å²) in [6.45, 7) is 13.6. The van der Waals surface area contributed by atoms with Crippen LogP contribution >= 0.6 is 0 Å². The maximum Gasteiger partial charge on any atom is 0.0788 e. The van der Waals surface area contributed by atoms with Gasteiger partial charge in [-0.15, -0.1) is 0 Å². The first-order valence-electron chi connectivity index (χ1n) is 8.88. The largest absolute Gasteiger partial charge is 0.394 e. The molecular formula is C18H38O4. The molecule has 0 aromatic carbocycles. The maximum atomic E-state index is 8.92. The zero-order valence-electron chi connectivity index (χ0n) is 15.6. The fraction of sp³-hybridized carbons (Fsp3) is 1.00. The van der Waals surface area contributed by atoms with Gasteiger partial charge in [-0.25, -0.2) is 0 Å². The summed E-state index contributed by atoms with van der Waals surface area (Å²) in [6, 6.07) is 0. The van der Waals surface area contributed by atoms with Crippen LogP contribution in [-0.4, -0.2) is 48.8 Å². The predicted octanol–water partition coefficient (Wildman–Crippen LogP) is 3.94. The van der Waals surface area contributed by atoms with Gasteiger partial charge in [-0.1, -0.05) is 33.1 Å². The molecule has 1 N–H and O–H groups in total. The molecule has 0 heterocycles. The third-order valence-corrected chi connectivity index (χ3v) is 4.03. The van der Waals surface area contributed by atoms with Gasteiger partial charge in [-0.2, -0.15) is 0 Å². The van der Waals surface area contributed by atoms with E-state index in [0.29, 0.717) is 13.2 Å². The maximum absolute atomic E-state index is 8.92. The van der Waals surface area contributed by atoms with Gasteiger partial charge in [0.25, 0.3) is 0 Å². The van der Waals surface area contributed by atoms with E-state index in [1.807, 2.05) is 13.8 Å². The molecule has 134 valence electrons. The van der Waals surface area contributed by atoms with Crippen LogP contribution in [0.1, 0.15) is 73.6 Å². The molecule has 0 aliphatic heterocycles. The van der Waals surface area contributed by atoms with Crippen molar-refractivity contribution in [3.8, 4) is 0 Å². The molecule has 0 saturated carbocycles. The van der Waals surface area contributed by atoms with Crippen LogP contribution in [0.25, 0.3) is 0 Å². The van der Waals surface area contributed by atoms with Crippen LogP contribution in [0.5, 0.6) is 0 Å². The number of rotatable bonds is 14. The summed E-state index contributed by atoms with van der Waals surface area (Å²) >= 11 is 0. The highest BCUT2D eigenvalue weighted by atomic mass is 16.6. The molecule has 0 fully saturated rings. The van der Waals surface area contributed by atoms with Gasteiger partial charge in [0.1, 0.15) is 0 Å². The van der Waals surface area contributed by atoms with Crippen molar-refractivity contribution < 1.29 is 19.3 Å². The fourth-order valence-corrected chi connectivity index (χ4v) is 2.29. The SMILES string of the molecule is CCCCCC(C)(CC)OC(C)COC(C)COC(C)CO. The van der Waals surface area contributed by atoms with Crippen LogP contribution in [0.3, 0.4) is 0 Å². The summed E-state index contributed by atoms with van der Waals surface area (Å²) in [4.78, 5) is 0. The molecule has 0 amide bonds. The summed E-state index contributed by atoms with van der Waals surface area (Å²) < 4.78 is 17.5. The lowest BCUT2D eigenvalue weighted by atomic mass is 9.95. The highest BCUT2D eigenvalue weighted by molar-refractivity contribution is 4.75. The molecule has 0 radical (unpaired) electrons. The Morgan fingerprint density at radius 2 is 1.50 bits per heavy atom. The predicted molar refractivity (Wildman–Crippen MR) is 91.3 cm³/mol. The zero-order chi connectivity index (χ0) is 17.0. The summed E-state index contributed by atoms with van der Waals surface area (Å²) in [7, 11) is 0. The van der Waals surface area contributed by atoms with Crippen LogP contribution in [0.4, 0.5) is 0 Å². The highest BCUT2D eigenvalue weighted by Gasteiger charge is 2.25. The summed E-state index contributed by atoms with van der Waals surface area (Å²) in [5.41, 5.74) is -0.0525. The second-order valence-electron chi connectivity index (χ2n) is 6.66. The number of ether oxygens (including phenoxy) is 3. The molecule has 4 unspecified atom stereocenters. The number of aliphatic hydroxyl groups excluding tert-OH is 1. The molecule has 0 rings (SSSR count). The molecule has 22 heavy (non-hydrogen) atoms. The lowest BCUT2D eigenvalue weighted by molar-refractivity contribution is -0.126. The van der Waals surface area contributed by atoms with Crippen molar-refractivity contribution in [1.82, 2.24) is 0 Å². The van der Waals surface area contributed by atoms with E-state index in [2.05, 4.69) is 27.7 Å². The van der Waals surface area contributed by atoms with Crippen LogP contribution in [0.2, 0.25) is 0 Å². The molecule has 0 aliphatic rings. The van der Waals surface area contributed by atoms with Crippen LogP contribution in [-0.2, 0) is 14.2 Å². The Balaban J connectivity index is 4.00. The van der Waals surface area contributed by atoms with E-state index in [0.717, 1.165) is 12.8 Å². The molecule has 0 aromatic heterocycles. The molecule has 0 bridgehead atoms. The van der Waals surface area contributed by atoms with E-state index < -0.39 is 0 Å². The number of unbranched alkanes of at least 4 members (excludes halogenated alkanes) is 2. The topological polar surface area (TPSA) is 47.9 Å². The Hall–Kier alpha value is -0.160. The Bertz CT molecular complexity index is 259. The van der Waals surface area contributed by atoms with Gasteiger partial charge in [0.15, 0.2) is 0 Å². The van der Waals surface area contributed by atoms with Crippen molar-refractivity contribution in [2.24, 2.45) is 0 Å². The Morgan fingerprint density at radius 3 is 2.05 bits per heavy atom. The number of hydrogen-bond donors (Lipinski definition) is 1. The van der Waals surface area contributed by atoms with Crippen LogP contribution < -0.4 is 0 Å². The monoisotopic (exact) mass is 318 g/mol. The van der Waals surface area contributed by atoms with E-state index >= 15 is 0 Å². The van der Waals surface area contributed by atoms with Crippen molar-refractivity contribution in [3.05, 3.63) is 0 Å². The highest BCUT2D eigenvalue weighted by Crippen LogP contribution is 2.25. The third kappa shape index (κ3) is 10.5. The van der Waals surface area contributed by atoms with Gasteiger partial charge < -0.3 is 19.3 Å². The average molecular weight is 318 g/mol. The summed E-state index contributed by atoms with van der Waals surface area (Å²) in [5, 5.41) is 8.92. The first kappa shape index (κ1) is 21.8. The quantitative estimate of drug-likeness (QED) is 0.493. The molecule has 0 spiro atoms. The first-order chi connectivity index (χ1) is 10.4. The Kier molecular flexibility index (Phi) is 12.2. The fourth-order valence-electron chi connectivity index (χ4n) is 2.29. The van der Waals surface area contributed by atoms with Crippen LogP contribution in [0.15, 0.2) is 0 Å². The average Bonchev–Trinajstić information content (AvgIpc) is 2.50. The Morgan fingerprint density at radius 1 is 0.909 bits per heavy atom. The van der Waals surface area contributed by atoms with E-state index in [4.69, 9.17) is 19.3 Å². The van der Waals surface area contributed by atoms with Gasteiger partial charge >= 0.3 is 0 Å². The van der Waals surface area contributed by atoms with Crippen LogP contribution in [0, 0.1) is 0 Å². The normalized spacial score (nSPS) is 18.7. The van der Waals surface area contributed by atoms with E-state index in [1.54, 1.807) is 0 Å². The van der Waals surface area contributed by atoms with Crippen molar-refractivity contribution in [3.63, 3.8) is 0 Å². The molecule has 4 atom stereocenters. The summed E-state index contributed by atoms with van der Waals surface area (Å²) in [6.07, 6.45) is 5.79. The van der Waals surface area contributed by atoms with Crippen molar-refractivity contribution in [1.29, 1.82) is 0 Å². The van der Waals surface area contributed by atoms with E-state index in [1.165, 1.54) is 19.3 Å². The minimum Gasteiger partial charge on any atom is -0.394 e. The number of aliphatic hydroxyl groups is 1. The Labute approximate surface area is 137 Å². The van der Waals surface area contributed by atoms with E-state index in [9.17, 15) is 0 Å². The standard InChI is InChI=1S/C18H38O4/c1-7-9-10-11-18(6,8-2)22-17(5)14-21-16(4)13-20-15(3)12-19/h15-17,19H,7-14H2,1-6H3. The lowest BCUT2D eigenvalue weighted by Gasteiger charge is -2.32. The lowest BCUT2D eigenvalue weighted by Crippen LogP contribution is -2.35. The van der Waals surface area contributed by atoms with Crippen molar-refractivity contribution >= 4 is 0 Å². The van der Waals surface area contributed by atoms with Gasteiger partial charge in [0.2, 0.25) is 0 Å². The first-order valence-corrected chi connectivity index (χ1v) is 8.88. The molecular weight excluding hydrogens is 280 g/mol. The molecule has 0 saturated heterocycles. The third-order valence-electron chi connectivity index (χ3n) is 4.03. The molecule has 0 aromatic rings. The van der Waals surface area contributed by atoms with E-state index in [-0.39, 0.29) is 30.5 Å². The minimum absolute atomic E-state index is 0.00743. The van der Waals surface area contributed by atoms with Gasteiger partial charge in [0.05, 0.1) is 43.7 Å². The molecule has 0 aliphatic carbocycles. The molecule has 4 nitrogen and oxygen atoms in total. The second kappa shape index (κ2) is 12.3. The van der Waals surface area contributed by atoms with Crippen molar-refractivity contribution in [2.45, 2.75) is 97.6 Å².